The van der Waals surface area contributed by atoms with Gasteiger partial charge in [0, 0.05) is 12.4 Å². The third-order valence-corrected chi connectivity index (χ3v) is 4.01. The Balaban J connectivity index is 0.00000264. The summed E-state index contributed by atoms with van der Waals surface area (Å²) in [6.45, 7) is 0. The van der Waals surface area contributed by atoms with E-state index in [2.05, 4.69) is 4.98 Å². The van der Waals surface area contributed by atoms with Gasteiger partial charge in [-0.3, -0.25) is 4.57 Å². The first-order chi connectivity index (χ1) is 10.1. The van der Waals surface area contributed by atoms with Crippen molar-refractivity contribution in [3.8, 4) is 0 Å². The van der Waals surface area contributed by atoms with Crippen LogP contribution in [0.5, 0.6) is 0 Å². The zero-order valence-corrected chi connectivity index (χ0v) is 17.9. The van der Waals surface area contributed by atoms with Crippen molar-refractivity contribution in [1.82, 2.24) is 9.55 Å². The molecule has 1 saturated heterocycles. The van der Waals surface area contributed by atoms with Crippen molar-refractivity contribution in [3.63, 3.8) is 0 Å². The Morgan fingerprint density at radius 1 is 1.38 bits per heavy atom. The average molecular weight is 381 g/mol. The molecule has 14 heteroatoms. The van der Waals surface area contributed by atoms with Crippen molar-refractivity contribution in [3.05, 3.63) is 22.7 Å². The van der Waals surface area contributed by atoms with Crippen LogP contribution in [0.15, 0.2) is 17.1 Å². The monoisotopic (exact) mass is 381 g/mol. The second kappa shape index (κ2) is 9.56. The van der Waals surface area contributed by atoms with Gasteiger partial charge in [0.1, 0.15) is 24.1 Å². The number of nitrogens with zero attached hydrogens (tertiary/aromatic N) is 2. The van der Waals surface area contributed by atoms with Crippen LogP contribution in [0.4, 0.5) is 5.82 Å². The molecule has 0 spiro atoms. The van der Waals surface area contributed by atoms with Gasteiger partial charge < -0.3 is 40.1 Å². The Hall–Kier alpha value is 0.670. The van der Waals surface area contributed by atoms with Crippen LogP contribution >= 0.6 is 7.60 Å². The summed E-state index contributed by atoms with van der Waals surface area (Å²) in [6, 6.07) is 1.25. The third-order valence-electron chi connectivity index (χ3n) is 3.19. The maximum absolute atomic E-state index is 11.7. The molecule has 0 radical (unpaired) electrons. The summed E-state index contributed by atoms with van der Waals surface area (Å²) in [5.74, 6) is -0.0653. The molecular weight excluding hydrogens is 367 g/mol. The minimum Gasteiger partial charge on any atom is -0.811 e. The summed E-state index contributed by atoms with van der Waals surface area (Å²) in [5, 5.41) is 29.4. The van der Waals surface area contributed by atoms with Crippen LogP contribution in [0.2, 0.25) is 0 Å². The van der Waals surface area contributed by atoms with E-state index in [0.29, 0.717) is 0 Å². The molecule has 1 fully saturated rings. The number of nitrogens with two attached hydrogens (primary N) is 1. The summed E-state index contributed by atoms with van der Waals surface area (Å²) in [7, 11) is -5.05. The molecule has 24 heavy (non-hydrogen) atoms. The smallest absolute Gasteiger partial charge is 0.811 e. The van der Waals surface area contributed by atoms with Crippen molar-refractivity contribution in [2.45, 2.75) is 30.6 Å². The van der Waals surface area contributed by atoms with Crippen molar-refractivity contribution in [1.29, 1.82) is 0 Å². The van der Waals surface area contributed by atoms with Gasteiger partial charge in [0.25, 0.3) is 0 Å². The van der Waals surface area contributed by atoms with Gasteiger partial charge in [-0.2, -0.15) is 4.98 Å². The molecule has 1 aliphatic rings. The maximum Gasteiger partial charge on any atom is 1.00 e. The van der Waals surface area contributed by atoms with E-state index in [0.717, 1.165) is 10.8 Å². The molecule has 5 N–H and O–H groups in total. The summed E-state index contributed by atoms with van der Waals surface area (Å²) >= 11 is 0. The van der Waals surface area contributed by atoms with Crippen LogP contribution in [0, 0.1) is 0 Å². The van der Waals surface area contributed by atoms with Gasteiger partial charge in [-0.15, -0.1) is 0 Å². The van der Waals surface area contributed by atoms with E-state index >= 15 is 0 Å². The molecule has 0 unspecified atom stereocenters. The minimum absolute atomic E-state index is 0. The molecule has 2 heterocycles. The molecule has 1 aromatic rings. The number of hydrogen-bond acceptors (Lipinski definition) is 10. The van der Waals surface area contributed by atoms with Crippen LogP contribution in [-0.4, -0.2) is 55.4 Å². The van der Waals surface area contributed by atoms with Gasteiger partial charge >= 0.3 is 64.8 Å². The molecule has 5 atom stereocenters. The second-order valence-electron chi connectivity index (χ2n) is 4.88. The SMILES string of the molecule is Nc1ccn([C@@H]2O[C@H]([C@@H](O)CP(=O)([O-])[O-])[C@@H](O)[C@H]2O)c(=O)n1.[Na+].[Na+]. The number of ether oxygens (including phenoxy) is 1. The fraction of sp³-hybridized carbons (Fsp3) is 0.600. The first-order valence-corrected chi connectivity index (χ1v) is 7.88. The van der Waals surface area contributed by atoms with E-state index in [1.807, 2.05) is 0 Å². The van der Waals surface area contributed by atoms with E-state index in [4.69, 9.17) is 10.5 Å². The Labute approximate surface area is 180 Å². The third kappa shape index (κ3) is 5.85. The van der Waals surface area contributed by atoms with Crippen LogP contribution in [-0.2, 0) is 9.30 Å². The fourth-order valence-corrected chi connectivity index (χ4v) is 2.85. The Kier molecular flexibility index (Phi) is 9.83. The van der Waals surface area contributed by atoms with Crippen LogP contribution in [0.1, 0.15) is 6.23 Å². The zero-order chi connectivity index (χ0) is 16.7. The average Bonchev–Trinajstić information content (AvgIpc) is 2.65. The van der Waals surface area contributed by atoms with E-state index < -0.39 is 50.1 Å². The molecule has 1 aliphatic heterocycles. The number of nitrogen functional groups attached to an aromatic ring is 1. The molecular formula is C10H14N3Na2O8P. The van der Waals surface area contributed by atoms with Crippen molar-refractivity contribution >= 4 is 13.4 Å². The van der Waals surface area contributed by atoms with Gasteiger partial charge in [0.05, 0.1) is 6.10 Å². The second-order valence-corrected chi connectivity index (χ2v) is 6.46. The number of aliphatic hydroxyl groups excluding tert-OH is 3. The number of rotatable bonds is 4. The number of hydrogen-bond donors (Lipinski definition) is 4. The standard InChI is InChI=1S/C10H16N3O8P.2Na/c11-5-1-2-13(10(17)12-5)9-7(16)6(15)8(21-9)4(14)3-22(18,19)20;;/h1-2,4,6-9,14-16H,3H2,(H2,11,12,17)(H2,18,19,20);;/q;2*+1/p-2/t4-,6-,7+,8+,9+;;/m0../s1. The topological polar surface area (TPSA) is 194 Å². The Bertz CT molecular complexity index is 655. The minimum atomic E-state index is -5.05. The molecule has 0 amide bonds. The number of aromatic nitrogens is 2. The molecule has 0 bridgehead atoms. The van der Waals surface area contributed by atoms with Gasteiger partial charge in [0.2, 0.25) is 0 Å². The quantitative estimate of drug-likeness (QED) is 0.287. The predicted molar refractivity (Wildman–Crippen MR) is 67.3 cm³/mol. The molecule has 0 aromatic carbocycles. The molecule has 0 saturated carbocycles. The van der Waals surface area contributed by atoms with E-state index in [1.54, 1.807) is 0 Å². The van der Waals surface area contributed by atoms with E-state index in [9.17, 15) is 34.5 Å². The number of aliphatic hydroxyl groups is 3. The largest absolute Gasteiger partial charge is 1.00 e. The summed E-state index contributed by atoms with van der Waals surface area (Å²) in [5.41, 5.74) is 4.44. The van der Waals surface area contributed by atoms with Crippen molar-refractivity contribution in [2.75, 3.05) is 11.9 Å². The van der Waals surface area contributed by atoms with Crippen molar-refractivity contribution in [2.24, 2.45) is 0 Å². The van der Waals surface area contributed by atoms with Crippen molar-refractivity contribution < 1.29 is 93.5 Å². The molecule has 124 valence electrons. The molecule has 1 aromatic heterocycles. The predicted octanol–water partition coefficient (Wildman–Crippen LogP) is -10.3. The summed E-state index contributed by atoms with van der Waals surface area (Å²) in [6.07, 6.45) is -8.17. The summed E-state index contributed by atoms with van der Waals surface area (Å²) < 4.78 is 16.6. The number of anilines is 1. The first-order valence-electron chi connectivity index (χ1n) is 6.15. The van der Waals surface area contributed by atoms with Crippen LogP contribution in [0.3, 0.4) is 0 Å². The molecule has 11 nitrogen and oxygen atoms in total. The van der Waals surface area contributed by atoms with E-state index in [-0.39, 0.29) is 64.9 Å². The Morgan fingerprint density at radius 2 is 1.96 bits per heavy atom. The van der Waals surface area contributed by atoms with Gasteiger partial charge in [0.15, 0.2) is 6.23 Å². The van der Waals surface area contributed by atoms with Gasteiger partial charge in [-0.1, -0.05) is 7.60 Å². The fourth-order valence-electron chi connectivity index (χ4n) is 2.19. The summed E-state index contributed by atoms with van der Waals surface area (Å²) in [4.78, 5) is 36.4. The van der Waals surface area contributed by atoms with E-state index in [1.165, 1.54) is 6.07 Å². The first kappa shape index (κ1) is 24.7. The van der Waals surface area contributed by atoms with Gasteiger partial charge in [-0.05, 0) is 6.07 Å². The van der Waals surface area contributed by atoms with Crippen LogP contribution < -0.4 is 80.3 Å². The maximum atomic E-state index is 11.7. The molecule has 2 rings (SSSR count). The van der Waals surface area contributed by atoms with Crippen LogP contribution in [0.25, 0.3) is 0 Å². The zero-order valence-electron chi connectivity index (χ0n) is 13.1. The molecule has 0 aliphatic carbocycles. The van der Waals surface area contributed by atoms with Gasteiger partial charge in [-0.25, -0.2) is 4.79 Å². The Morgan fingerprint density at radius 3 is 2.46 bits per heavy atom. The normalized spacial score (nSPS) is 27.9.